The highest BCUT2D eigenvalue weighted by Gasteiger charge is 2.35. The van der Waals surface area contributed by atoms with Crippen LogP contribution in [0.2, 0.25) is 0 Å². The fourth-order valence-electron chi connectivity index (χ4n) is 4.09. The normalized spacial score (nSPS) is 24.8. The van der Waals surface area contributed by atoms with E-state index in [0.29, 0.717) is 5.41 Å². The molecule has 0 aromatic heterocycles. The molecule has 0 aromatic rings. The fourth-order valence-corrected chi connectivity index (χ4v) is 4.09. The van der Waals surface area contributed by atoms with Gasteiger partial charge in [-0.3, -0.25) is 0 Å². The van der Waals surface area contributed by atoms with Crippen molar-refractivity contribution in [2.45, 2.75) is 71.6 Å². The molecular formula is C18H36N2. The molecule has 118 valence electrons. The Kier molecular flexibility index (Phi) is 6.83. The third-order valence-electron chi connectivity index (χ3n) is 5.22. The molecule has 1 heterocycles. The lowest BCUT2D eigenvalue weighted by Gasteiger charge is -2.36. The lowest BCUT2D eigenvalue weighted by molar-refractivity contribution is 0.138. The minimum atomic E-state index is 0.591. The van der Waals surface area contributed by atoms with Crippen molar-refractivity contribution in [2.75, 3.05) is 32.7 Å². The number of nitrogens with one attached hydrogen (secondary N) is 1. The van der Waals surface area contributed by atoms with Gasteiger partial charge in [-0.1, -0.05) is 46.0 Å². The number of hydrogen-bond acceptors (Lipinski definition) is 2. The second kappa shape index (κ2) is 8.38. The molecule has 1 aliphatic carbocycles. The average Bonchev–Trinajstić information content (AvgIpc) is 2.81. The molecule has 0 atom stereocenters. The molecule has 0 bridgehead atoms. The third-order valence-corrected chi connectivity index (χ3v) is 5.22. The van der Waals surface area contributed by atoms with Crippen LogP contribution in [0, 0.1) is 11.3 Å². The molecule has 0 radical (unpaired) electrons. The van der Waals surface area contributed by atoms with E-state index >= 15 is 0 Å². The van der Waals surface area contributed by atoms with Gasteiger partial charge in [-0.15, -0.1) is 0 Å². The Morgan fingerprint density at radius 3 is 2.10 bits per heavy atom. The monoisotopic (exact) mass is 280 g/mol. The minimum absolute atomic E-state index is 0.591. The van der Waals surface area contributed by atoms with Crippen molar-refractivity contribution in [3.8, 4) is 0 Å². The fraction of sp³-hybridized carbons (Fsp3) is 1.00. The first-order valence-corrected chi connectivity index (χ1v) is 9.13. The SMILES string of the molecule is CC(C)CNCC1(CN2CCCCCCC2)CCCC1. The molecule has 2 aliphatic rings. The molecule has 2 rings (SSSR count). The van der Waals surface area contributed by atoms with Gasteiger partial charge >= 0.3 is 0 Å². The Hall–Kier alpha value is -0.0800. The van der Waals surface area contributed by atoms with E-state index in [-0.39, 0.29) is 0 Å². The van der Waals surface area contributed by atoms with Gasteiger partial charge in [0.2, 0.25) is 0 Å². The summed E-state index contributed by atoms with van der Waals surface area (Å²) in [5.41, 5.74) is 0.591. The number of hydrogen-bond donors (Lipinski definition) is 1. The van der Waals surface area contributed by atoms with E-state index in [2.05, 4.69) is 24.1 Å². The number of likely N-dealkylation sites (tertiary alicyclic amines) is 1. The summed E-state index contributed by atoms with van der Waals surface area (Å²) in [5, 5.41) is 3.76. The number of rotatable bonds is 6. The quantitative estimate of drug-likeness (QED) is 0.789. The van der Waals surface area contributed by atoms with Crippen LogP contribution < -0.4 is 5.32 Å². The Morgan fingerprint density at radius 1 is 0.900 bits per heavy atom. The first-order valence-electron chi connectivity index (χ1n) is 9.13. The molecule has 1 N–H and O–H groups in total. The van der Waals surface area contributed by atoms with Crippen molar-refractivity contribution in [1.29, 1.82) is 0 Å². The molecule has 2 nitrogen and oxygen atoms in total. The van der Waals surface area contributed by atoms with Gasteiger partial charge in [0.25, 0.3) is 0 Å². The summed E-state index contributed by atoms with van der Waals surface area (Å²) >= 11 is 0. The standard InChI is InChI=1S/C18H36N2/c1-17(2)14-19-15-18(10-6-7-11-18)16-20-12-8-4-3-5-9-13-20/h17,19H,3-16H2,1-2H3. The lowest BCUT2D eigenvalue weighted by atomic mass is 9.85. The average molecular weight is 280 g/mol. The Morgan fingerprint density at radius 2 is 1.50 bits per heavy atom. The molecule has 0 unspecified atom stereocenters. The highest BCUT2D eigenvalue weighted by atomic mass is 15.1. The Labute approximate surface area is 126 Å². The van der Waals surface area contributed by atoms with Crippen LogP contribution in [0.4, 0.5) is 0 Å². The van der Waals surface area contributed by atoms with Crippen LogP contribution in [0.25, 0.3) is 0 Å². The maximum absolute atomic E-state index is 3.76. The summed E-state index contributed by atoms with van der Waals surface area (Å²) in [6.45, 7) is 11.1. The molecule has 0 aromatic carbocycles. The van der Waals surface area contributed by atoms with Crippen LogP contribution in [0.15, 0.2) is 0 Å². The van der Waals surface area contributed by atoms with E-state index in [9.17, 15) is 0 Å². The predicted molar refractivity (Wildman–Crippen MR) is 88.1 cm³/mol. The van der Waals surface area contributed by atoms with Crippen LogP contribution in [-0.2, 0) is 0 Å². The van der Waals surface area contributed by atoms with Crippen molar-refractivity contribution in [3.05, 3.63) is 0 Å². The zero-order valence-corrected chi connectivity index (χ0v) is 13.9. The van der Waals surface area contributed by atoms with E-state index in [0.717, 1.165) is 5.92 Å². The summed E-state index contributed by atoms with van der Waals surface area (Å²) in [6.07, 6.45) is 13.0. The molecular weight excluding hydrogens is 244 g/mol. The molecule has 1 saturated heterocycles. The van der Waals surface area contributed by atoms with Crippen LogP contribution in [0.3, 0.4) is 0 Å². The van der Waals surface area contributed by atoms with E-state index in [4.69, 9.17) is 0 Å². The van der Waals surface area contributed by atoms with Crippen molar-refractivity contribution >= 4 is 0 Å². The molecule has 1 saturated carbocycles. The maximum atomic E-state index is 3.76. The van der Waals surface area contributed by atoms with Crippen LogP contribution in [0.5, 0.6) is 0 Å². The minimum Gasteiger partial charge on any atom is -0.316 e. The first kappa shape index (κ1) is 16.3. The smallest absolute Gasteiger partial charge is 0.00501 e. The zero-order valence-electron chi connectivity index (χ0n) is 13.9. The predicted octanol–water partition coefficient (Wildman–Crippen LogP) is 4.06. The van der Waals surface area contributed by atoms with Crippen molar-refractivity contribution in [3.63, 3.8) is 0 Å². The molecule has 2 fully saturated rings. The van der Waals surface area contributed by atoms with Crippen LogP contribution >= 0.6 is 0 Å². The molecule has 0 spiro atoms. The van der Waals surface area contributed by atoms with Gasteiger partial charge in [0.05, 0.1) is 0 Å². The van der Waals surface area contributed by atoms with Gasteiger partial charge in [0.1, 0.15) is 0 Å². The largest absolute Gasteiger partial charge is 0.316 e. The first-order chi connectivity index (χ1) is 9.70. The van der Waals surface area contributed by atoms with E-state index in [1.54, 1.807) is 0 Å². The second-order valence-corrected chi connectivity index (χ2v) is 7.78. The summed E-state index contributed by atoms with van der Waals surface area (Å²) in [5.74, 6) is 0.773. The summed E-state index contributed by atoms with van der Waals surface area (Å²) in [6, 6.07) is 0. The van der Waals surface area contributed by atoms with E-state index in [1.807, 2.05) is 0 Å². The zero-order chi connectivity index (χ0) is 14.3. The topological polar surface area (TPSA) is 15.3 Å². The second-order valence-electron chi connectivity index (χ2n) is 7.78. The molecule has 2 heteroatoms. The van der Waals surface area contributed by atoms with E-state index < -0.39 is 0 Å². The lowest BCUT2D eigenvalue weighted by Crippen LogP contribution is -2.44. The van der Waals surface area contributed by atoms with Crippen LogP contribution in [-0.4, -0.2) is 37.6 Å². The van der Waals surface area contributed by atoms with Gasteiger partial charge in [0.15, 0.2) is 0 Å². The van der Waals surface area contributed by atoms with Crippen molar-refractivity contribution < 1.29 is 0 Å². The van der Waals surface area contributed by atoms with Crippen molar-refractivity contribution in [1.82, 2.24) is 10.2 Å². The van der Waals surface area contributed by atoms with Crippen molar-refractivity contribution in [2.24, 2.45) is 11.3 Å². The molecule has 1 aliphatic heterocycles. The Balaban J connectivity index is 1.83. The number of nitrogens with zero attached hydrogens (tertiary/aromatic N) is 1. The highest BCUT2D eigenvalue weighted by Crippen LogP contribution is 2.38. The van der Waals surface area contributed by atoms with Gasteiger partial charge in [-0.05, 0) is 56.7 Å². The Bertz CT molecular complexity index is 248. The van der Waals surface area contributed by atoms with Crippen LogP contribution in [0.1, 0.15) is 71.6 Å². The maximum Gasteiger partial charge on any atom is 0.00501 e. The molecule has 20 heavy (non-hydrogen) atoms. The molecule has 0 amide bonds. The summed E-state index contributed by atoms with van der Waals surface area (Å²) in [7, 11) is 0. The highest BCUT2D eigenvalue weighted by molar-refractivity contribution is 4.89. The third kappa shape index (κ3) is 5.37. The van der Waals surface area contributed by atoms with Gasteiger partial charge in [-0.2, -0.15) is 0 Å². The van der Waals surface area contributed by atoms with E-state index in [1.165, 1.54) is 90.5 Å². The van der Waals surface area contributed by atoms with Gasteiger partial charge in [0, 0.05) is 13.1 Å². The summed E-state index contributed by atoms with van der Waals surface area (Å²) in [4.78, 5) is 2.79. The van der Waals surface area contributed by atoms with Gasteiger partial charge in [-0.25, -0.2) is 0 Å². The summed E-state index contributed by atoms with van der Waals surface area (Å²) < 4.78 is 0. The van der Waals surface area contributed by atoms with Gasteiger partial charge < -0.3 is 10.2 Å².